The first-order valence-corrected chi connectivity index (χ1v) is 11.1. The van der Waals surface area contributed by atoms with Crippen LogP contribution in [0.5, 0.6) is 0 Å². The highest BCUT2D eigenvalue weighted by Crippen LogP contribution is 2.09. The maximum atomic E-state index is 11.8. The van der Waals surface area contributed by atoms with Gasteiger partial charge in [0.15, 0.2) is 0 Å². The van der Waals surface area contributed by atoms with E-state index in [2.05, 4.69) is 10.6 Å². The van der Waals surface area contributed by atoms with E-state index in [0.717, 1.165) is 24.0 Å². The summed E-state index contributed by atoms with van der Waals surface area (Å²) in [6, 6.07) is 7.11. The van der Waals surface area contributed by atoms with Gasteiger partial charge in [0.05, 0.1) is 0 Å². The Morgan fingerprint density at radius 2 is 1.16 bits per heavy atom. The van der Waals surface area contributed by atoms with Crippen LogP contribution < -0.4 is 10.6 Å². The predicted octanol–water partition coefficient (Wildman–Crippen LogP) is 2.88. The van der Waals surface area contributed by atoms with Gasteiger partial charge in [0.25, 0.3) is 0 Å². The summed E-state index contributed by atoms with van der Waals surface area (Å²) in [6.07, 6.45) is 2.30. The minimum absolute atomic E-state index is 0.0500. The molecule has 2 N–H and O–H groups in total. The molecule has 0 aliphatic heterocycles. The number of amides is 2. The summed E-state index contributed by atoms with van der Waals surface area (Å²) in [7, 11) is 0. The minimum Gasteiger partial charge on any atom is -0.460 e. The van der Waals surface area contributed by atoms with E-state index in [-0.39, 0.29) is 38.1 Å². The van der Waals surface area contributed by atoms with Crippen molar-refractivity contribution in [2.24, 2.45) is 11.8 Å². The Kier molecular flexibility index (Phi) is 12.7. The van der Waals surface area contributed by atoms with Gasteiger partial charge < -0.3 is 20.1 Å². The molecule has 8 heteroatoms. The Hall–Kier alpha value is -2.90. The average molecular weight is 449 g/mol. The molecule has 1 rings (SSSR count). The van der Waals surface area contributed by atoms with Gasteiger partial charge in [-0.05, 0) is 41.9 Å². The summed E-state index contributed by atoms with van der Waals surface area (Å²) >= 11 is 0. The third-order valence-corrected chi connectivity index (χ3v) is 4.55. The van der Waals surface area contributed by atoms with Crippen LogP contribution in [0.3, 0.4) is 0 Å². The molecule has 0 aromatic heterocycles. The normalized spacial score (nSPS) is 10.7. The van der Waals surface area contributed by atoms with E-state index in [9.17, 15) is 19.2 Å². The van der Waals surface area contributed by atoms with Gasteiger partial charge in [0, 0.05) is 12.8 Å². The lowest BCUT2D eigenvalue weighted by Crippen LogP contribution is -2.30. The number of esters is 2. The molecular weight excluding hydrogens is 412 g/mol. The summed E-state index contributed by atoms with van der Waals surface area (Å²) in [5, 5.41) is 5.10. The predicted molar refractivity (Wildman–Crippen MR) is 120 cm³/mol. The Labute approximate surface area is 190 Å². The second kappa shape index (κ2) is 15.0. The maximum absolute atomic E-state index is 11.8. The lowest BCUT2D eigenvalue weighted by Gasteiger charge is -2.10. The van der Waals surface area contributed by atoms with Crippen LogP contribution in [0.2, 0.25) is 0 Å². The van der Waals surface area contributed by atoms with Crippen molar-refractivity contribution in [1.29, 1.82) is 0 Å². The number of hydrogen-bond acceptors (Lipinski definition) is 6. The van der Waals surface area contributed by atoms with E-state index in [1.54, 1.807) is 24.3 Å². The fourth-order valence-electron chi connectivity index (χ4n) is 2.60. The molecule has 8 nitrogen and oxygen atoms in total. The first-order valence-electron chi connectivity index (χ1n) is 11.1. The van der Waals surface area contributed by atoms with Crippen molar-refractivity contribution in [3.05, 3.63) is 35.4 Å². The van der Waals surface area contributed by atoms with Crippen molar-refractivity contribution in [2.75, 3.05) is 13.1 Å². The molecule has 0 radical (unpaired) electrons. The molecular formula is C24H36N2O6. The van der Waals surface area contributed by atoms with Gasteiger partial charge in [0.1, 0.15) is 26.3 Å². The van der Waals surface area contributed by atoms with Crippen molar-refractivity contribution in [3.8, 4) is 0 Å². The summed E-state index contributed by atoms with van der Waals surface area (Å²) in [5.74, 6) is -0.535. The fourth-order valence-corrected chi connectivity index (χ4v) is 2.60. The van der Waals surface area contributed by atoms with Crippen molar-refractivity contribution in [2.45, 2.75) is 66.6 Å². The molecule has 0 spiro atoms. The third-order valence-electron chi connectivity index (χ3n) is 4.55. The minimum atomic E-state index is -0.520. The van der Waals surface area contributed by atoms with Gasteiger partial charge in [-0.2, -0.15) is 0 Å². The van der Waals surface area contributed by atoms with Gasteiger partial charge in [-0.25, -0.2) is 0 Å². The number of rotatable bonds is 14. The molecule has 178 valence electrons. The standard InChI is InChI=1S/C24H36N2O6/c1-17(2)8-10-21(27)25-13-23(29)31-15-19-6-5-7-20(12-19)16-32-24(30)14-26-22(28)11-9-18(3)4/h5-7,12,17-18H,8-11,13-16H2,1-4H3,(H,25,27)(H,26,28). The van der Waals surface area contributed by atoms with E-state index in [0.29, 0.717) is 24.7 Å². The lowest BCUT2D eigenvalue weighted by atomic mass is 10.1. The topological polar surface area (TPSA) is 111 Å². The van der Waals surface area contributed by atoms with E-state index >= 15 is 0 Å². The third kappa shape index (κ3) is 13.4. The Balaban J connectivity index is 2.31. The number of ether oxygens (including phenoxy) is 2. The molecule has 0 bridgehead atoms. The maximum Gasteiger partial charge on any atom is 0.325 e. The van der Waals surface area contributed by atoms with Crippen molar-refractivity contribution < 1.29 is 28.7 Å². The number of carbonyl (C=O) groups excluding carboxylic acids is 4. The van der Waals surface area contributed by atoms with Crippen LogP contribution >= 0.6 is 0 Å². The molecule has 1 aromatic carbocycles. The van der Waals surface area contributed by atoms with Crippen LogP contribution in [-0.4, -0.2) is 36.8 Å². The van der Waals surface area contributed by atoms with Crippen LogP contribution in [0.1, 0.15) is 64.5 Å². The van der Waals surface area contributed by atoms with Crippen LogP contribution in [0.4, 0.5) is 0 Å². The van der Waals surface area contributed by atoms with E-state index < -0.39 is 11.9 Å². The second-order valence-corrected chi connectivity index (χ2v) is 8.56. The van der Waals surface area contributed by atoms with Crippen LogP contribution in [0, 0.1) is 11.8 Å². The Morgan fingerprint density at radius 3 is 1.53 bits per heavy atom. The van der Waals surface area contributed by atoms with E-state index in [4.69, 9.17) is 9.47 Å². The Bertz CT molecular complexity index is 701. The highest BCUT2D eigenvalue weighted by molar-refractivity contribution is 5.82. The number of hydrogen-bond donors (Lipinski definition) is 2. The first kappa shape index (κ1) is 27.1. The van der Waals surface area contributed by atoms with E-state index in [1.807, 2.05) is 27.7 Å². The average Bonchev–Trinajstić information content (AvgIpc) is 2.76. The van der Waals surface area contributed by atoms with Gasteiger partial charge in [-0.15, -0.1) is 0 Å². The molecule has 0 aliphatic carbocycles. The van der Waals surface area contributed by atoms with Crippen LogP contribution in [0.15, 0.2) is 24.3 Å². The highest BCUT2D eigenvalue weighted by atomic mass is 16.5. The molecule has 0 fully saturated rings. The molecule has 0 atom stereocenters. The van der Waals surface area contributed by atoms with Crippen LogP contribution in [-0.2, 0) is 41.9 Å². The zero-order chi connectivity index (χ0) is 23.9. The van der Waals surface area contributed by atoms with Crippen molar-refractivity contribution in [1.82, 2.24) is 10.6 Å². The Morgan fingerprint density at radius 1 is 0.750 bits per heavy atom. The fraction of sp³-hybridized carbons (Fsp3) is 0.583. The molecule has 1 aromatic rings. The molecule has 32 heavy (non-hydrogen) atoms. The zero-order valence-corrected chi connectivity index (χ0v) is 19.6. The summed E-state index contributed by atoms with van der Waals surface area (Å²) in [6.45, 7) is 7.89. The molecule has 0 unspecified atom stereocenters. The lowest BCUT2D eigenvalue weighted by molar-refractivity contribution is -0.145. The summed E-state index contributed by atoms with van der Waals surface area (Å²) in [4.78, 5) is 47.0. The molecule has 2 amide bonds. The number of nitrogens with one attached hydrogen (secondary N) is 2. The number of carbonyl (C=O) groups is 4. The molecule has 0 heterocycles. The monoisotopic (exact) mass is 448 g/mol. The van der Waals surface area contributed by atoms with E-state index in [1.165, 1.54) is 0 Å². The van der Waals surface area contributed by atoms with Gasteiger partial charge >= 0.3 is 11.9 Å². The molecule has 0 saturated carbocycles. The number of benzene rings is 1. The highest BCUT2D eigenvalue weighted by Gasteiger charge is 2.10. The quantitative estimate of drug-likeness (QED) is 0.424. The van der Waals surface area contributed by atoms with Crippen LogP contribution in [0.25, 0.3) is 0 Å². The zero-order valence-electron chi connectivity index (χ0n) is 19.6. The SMILES string of the molecule is CC(C)CCC(=O)NCC(=O)OCc1cccc(COC(=O)CNC(=O)CCC(C)C)c1. The van der Waals surface area contributed by atoms with Gasteiger partial charge in [-0.3, -0.25) is 19.2 Å². The largest absolute Gasteiger partial charge is 0.460 e. The van der Waals surface area contributed by atoms with Gasteiger partial charge in [0.2, 0.25) is 11.8 Å². The summed E-state index contributed by atoms with van der Waals surface area (Å²) < 4.78 is 10.4. The summed E-state index contributed by atoms with van der Waals surface area (Å²) in [5.41, 5.74) is 1.47. The second-order valence-electron chi connectivity index (χ2n) is 8.56. The molecule has 0 saturated heterocycles. The van der Waals surface area contributed by atoms with Crippen molar-refractivity contribution >= 4 is 23.8 Å². The smallest absolute Gasteiger partial charge is 0.325 e. The van der Waals surface area contributed by atoms with Crippen molar-refractivity contribution in [3.63, 3.8) is 0 Å². The first-order chi connectivity index (χ1) is 15.2. The molecule has 0 aliphatic rings. The van der Waals surface area contributed by atoms with Gasteiger partial charge in [-0.1, -0.05) is 45.9 Å².